The van der Waals surface area contributed by atoms with Crippen molar-refractivity contribution >= 4 is 0 Å². The molecular formula is C3H4N2NiZn. The van der Waals surface area contributed by atoms with E-state index < -0.39 is 0 Å². The maximum absolute atomic E-state index is 3.67. The molecule has 0 spiro atoms. The van der Waals surface area contributed by atoms with Crippen LogP contribution < -0.4 is 0 Å². The van der Waals surface area contributed by atoms with Crippen LogP contribution in [-0.4, -0.2) is 9.97 Å². The van der Waals surface area contributed by atoms with Gasteiger partial charge in [-0.2, -0.15) is 0 Å². The first-order valence-electron chi connectivity index (χ1n) is 1.43. The molecule has 0 radical (unpaired) electrons. The van der Waals surface area contributed by atoms with Crippen LogP contribution in [-0.2, 0) is 36.0 Å². The van der Waals surface area contributed by atoms with Crippen LogP contribution in [0.25, 0.3) is 0 Å². The Hall–Kier alpha value is 0.327. The molecule has 0 saturated heterocycles. The molecule has 1 aromatic rings. The summed E-state index contributed by atoms with van der Waals surface area (Å²) in [5.41, 5.74) is 0. The topological polar surface area (TPSA) is 28.7 Å². The molecule has 0 atom stereocenters. The number of aromatic nitrogens is 2. The quantitative estimate of drug-likeness (QED) is 0.592. The van der Waals surface area contributed by atoms with E-state index in [0.29, 0.717) is 0 Å². The van der Waals surface area contributed by atoms with Crippen molar-refractivity contribution in [2.45, 2.75) is 0 Å². The van der Waals surface area contributed by atoms with E-state index in [0.717, 1.165) is 0 Å². The number of nitrogens with one attached hydrogen (secondary N) is 1. The van der Waals surface area contributed by atoms with Crippen molar-refractivity contribution in [1.82, 2.24) is 9.97 Å². The second kappa shape index (κ2) is 6.33. The number of rotatable bonds is 0. The van der Waals surface area contributed by atoms with Gasteiger partial charge >= 0.3 is 0 Å². The fourth-order valence-electron chi connectivity index (χ4n) is 0.215. The summed E-state index contributed by atoms with van der Waals surface area (Å²) in [4.78, 5) is 6.42. The smallest absolute Gasteiger partial charge is 0.0919 e. The van der Waals surface area contributed by atoms with Gasteiger partial charge in [-0.1, -0.05) is 0 Å². The summed E-state index contributed by atoms with van der Waals surface area (Å²) >= 11 is 0. The van der Waals surface area contributed by atoms with E-state index in [-0.39, 0.29) is 36.0 Å². The second-order valence-electron chi connectivity index (χ2n) is 0.761. The molecule has 0 unspecified atom stereocenters. The first kappa shape index (κ1) is 10.3. The molecule has 4 heteroatoms. The molecule has 0 aliphatic carbocycles. The van der Waals surface area contributed by atoms with E-state index >= 15 is 0 Å². The zero-order valence-corrected chi connectivity index (χ0v) is 7.66. The minimum Gasteiger partial charge on any atom is -0.351 e. The van der Waals surface area contributed by atoms with Gasteiger partial charge in [-0.3, -0.25) is 0 Å². The van der Waals surface area contributed by atoms with Crippen LogP contribution in [0, 0.1) is 0 Å². The molecule has 0 amide bonds. The van der Waals surface area contributed by atoms with Gasteiger partial charge in [-0.15, -0.1) is 0 Å². The average Bonchev–Trinajstić information content (AvgIpc) is 1.76. The summed E-state index contributed by atoms with van der Waals surface area (Å²) in [7, 11) is 0. The summed E-state index contributed by atoms with van der Waals surface area (Å²) in [5.74, 6) is 0. The molecular weight excluding hydrogens is 188 g/mol. The normalized spacial score (nSPS) is 5.71. The Morgan fingerprint density at radius 3 is 2.29 bits per heavy atom. The minimum atomic E-state index is 0. The predicted molar refractivity (Wildman–Crippen MR) is 18.6 cm³/mol. The Morgan fingerprint density at radius 2 is 2.14 bits per heavy atom. The van der Waals surface area contributed by atoms with Gasteiger partial charge in [0, 0.05) is 48.4 Å². The van der Waals surface area contributed by atoms with Crippen LogP contribution in [0.1, 0.15) is 0 Å². The Bertz CT molecular complexity index is 69.4. The third kappa shape index (κ3) is 4.17. The van der Waals surface area contributed by atoms with Crippen LogP contribution in [0.3, 0.4) is 0 Å². The van der Waals surface area contributed by atoms with Crippen molar-refractivity contribution in [3.05, 3.63) is 18.7 Å². The maximum atomic E-state index is 3.67. The third-order valence-electron chi connectivity index (χ3n) is 0.406. The largest absolute Gasteiger partial charge is 0.351 e. The van der Waals surface area contributed by atoms with Crippen LogP contribution in [0.5, 0.6) is 0 Å². The van der Waals surface area contributed by atoms with E-state index in [2.05, 4.69) is 9.97 Å². The van der Waals surface area contributed by atoms with Gasteiger partial charge in [0.05, 0.1) is 6.33 Å². The number of hydrogen-bond acceptors (Lipinski definition) is 1. The summed E-state index contributed by atoms with van der Waals surface area (Å²) in [5, 5.41) is 0. The van der Waals surface area contributed by atoms with Crippen molar-refractivity contribution in [1.29, 1.82) is 0 Å². The second-order valence-corrected chi connectivity index (χ2v) is 0.761. The molecule has 38 valence electrons. The van der Waals surface area contributed by atoms with Crippen molar-refractivity contribution in [3.8, 4) is 0 Å². The Balaban J connectivity index is 0. The molecule has 0 aliphatic rings. The number of H-pyrrole nitrogens is 1. The number of imidazole rings is 1. The molecule has 0 bridgehead atoms. The molecule has 1 heterocycles. The maximum Gasteiger partial charge on any atom is 0.0919 e. The number of hydrogen-bond donors (Lipinski definition) is 1. The molecule has 1 aromatic heterocycles. The van der Waals surface area contributed by atoms with Gasteiger partial charge in [-0.05, 0) is 0 Å². The summed E-state index contributed by atoms with van der Waals surface area (Å²) in [6.45, 7) is 0. The van der Waals surface area contributed by atoms with Gasteiger partial charge < -0.3 is 4.98 Å². The Morgan fingerprint density at radius 1 is 1.43 bits per heavy atom. The minimum absolute atomic E-state index is 0. The van der Waals surface area contributed by atoms with E-state index in [9.17, 15) is 0 Å². The van der Waals surface area contributed by atoms with Gasteiger partial charge in [0.2, 0.25) is 0 Å². The van der Waals surface area contributed by atoms with Crippen LogP contribution in [0.4, 0.5) is 0 Å². The Kier molecular flexibility index (Phi) is 9.34. The fraction of sp³-hybridized carbons (Fsp3) is 0. The van der Waals surface area contributed by atoms with Crippen molar-refractivity contribution in [3.63, 3.8) is 0 Å². The average molecular weight is 192 g/mol. The monoisotopic (exact) mass is 190 g/mol. The number of aromatic amines is 1. The number of nitrogens with zero attached hydrogens (tertiary/aromatic N) is 1. The third-order valence-corrected chi connectivity index (χ3v) is 0.406. The van der Waals surface area contributed by atoms with Crippen LogP contribution in [0.15, 0.2) is 18.7 Å². The van der Waals surface area contributed by atoms with Gasteiger partial charge in [0.25, 0.3) is 0 Å². The van der Waals surface area contributed by atoms with Gasteiger partial charge in [0.15, 0.2) is 0 Å². The van der Waals surface area contributed by atoms with E-state index in [1.54, 1.807) is 18.7 Å². The van der Waals surface area contributed by atoms with E-state index in [1.165, 1.54) is 0 Å². The zero-order valence-electron chi connectivity index (χ0n) is 3.70. The summed E-state index contributed by atoms with van der Waals surface area (Å²) in [6.07, 6.45) is 5.08. The molecule has 1 N–H and O–H groups in total. The van der Waals surface area contributed by atoms with Crippen molar-refractivity contribution in [2.24, 2.45) is 0 Å². The molecule has 0 fully saturated rings. The van der Waals surface area contributed by atoms with Crippen molar-refractivity contribution in [2.75, 3.05) is 0 Å². The van der Waals surface area contributed by atoms with Crippen molar-refractivity contribution < 1.29 is 36.0 Å². The summed E-state index contributed by atoms with van der Waals surface area (Å²) in [6, 6.07) is 0. The first-order valence-corrected chi connectivity index (χ1v) is 1.43. The SMILES string of the molecule is [Ni].[Zn].c1c[nH]cn1. The molecule has 0 aromatic carbocycles. The molecule has 0 saturated carbocycles. The van der Waals surface area contributed by atoms with E-state index in [1.807, 2.05) is 0 Å². The zero-order chi connectivity index (χ0) is 3.54. The van der Waals surface area contributed by atoms with Gasteiger partial charge in [-0.25, -0.2) is 4.98 Å². The molecule has 7 heavy (non-hydrogen) atoms. The fourth-order valence-corrected chi connectivity index (χ4v) is 0.215. The molecule has 1 rings (SSSR count). The summed E-state index contributed by atoms with van der Waals surface area (Å²) < 4.78 is 0. The predicted octanol–water partition coefficient (Wildman–Crippen LogP) is 0.405. The first-order chi connectivity index (χ1) is 2.50. The molecule has 0 aliphatic heterocycles. The Labute approximate surface area is 64.8 Å². The van der Waals surface area contributed by atoms with Crippen LogP contribution >= 0.6 is 0 Å². The standard InChI is InChI=1S/C3H4N2.Ni.Zn/c1-2-5-3-4-1;;/h1-3H,(H,4,5);;. The van der Waals surface area contributed by atoms with E-state index in [4.69, 9.17) is 0 Å². The molecule has 2 nitrogen and oxygen atoms in total. The van der Waals surface area contributed by atoms with Gasteiger partial charge in [0.1, 0.15) is 0 Å². The van der Waals surface area contributed by atoms with Crippen LogP contribution in [0.2, 0.25) is 0 Å².